The summed E-state index contributed by atoms with van der Waals surface area (Å²) in [6.45, 7) is 7.62. The van der Waals surface area contributed by atoms with E-state index >= 15 is 0 Å². The van der Waals surface area contributed by atoms with Gasteiger partial charge in [-0.3, -0.25) is 9.59 Å². The summed E-state index contributed by atoms with van der Waals surface area (Å²) in [4.78, 5) is 24.1. The van der Waals surface area contributed by atoms with E-state index in [1.807, 2.05) is 39.0 Å². The van der Waals surface area contributed by atoms with Gasteiger partial charge in [0.1, 0.15) is 17.1 Å². The minimum absolute atomic E-state index is 0.0264. The fourth-order valence-electron chi connectivity index (χ4n) is 3.05. The maximum absolute atomic E-state index is 12.5. The van der Waals surface area contributed by atoms with Crippen molar-refractivity contribution in [2.45, 2.75) is 45.8 Å². The molecule has 5 heteroatoms. The number of carbonyl (C=O) groups excluding carboxylic acids is 1. The SMILES string of the molecule is Cc1ccc2c(c1)[C@@H](NC(=O)c1cc(=O)cc(C)o1)CC(C)(C)O2. The number of ether oxygens (including phenoxy) is 1. The lowest BCUT2D eigenvalue weighted by molar-refractivity contribution is 0.0609. The lowest BCUT2D eigenvalue weighted by Gasteiger charge is -2.38. The van der Waals surface area contributed by atoms with Crippen LogP contribution in [-0.4, -0.2) is 11.5 Å². The molecule has 1 aromatic carbocycles. The van der Waals surface area contributed by atoms with Crippen LogP contribution in [0.5, 0.6) is 5.75 Å². The molecule has 126 valence electrons. The molecule has 0 saturated heterocycles. The highest BCUT2D eigenvalue weighted by atomic mass is 16.5. The second kappa shape index (κ2) is 5.82. The number of aryl methyl sites for hydroxylation is 2. The van der Waals surface area contributed by atoms with Crippen LogP contribution in [0.4, 0.5) is 0 Å². The Hall–Kier alpha value is -2.56. The van der Waals surface area contributed by atoms with Crippen molar-refractivity contribution < 1.29 is 13.9 Å². The minimum atomic E-state index is -0.397. The molecule has 1 aliphatic heterocycles. The van der Waals surface area contributed by atoms with Crippen LogP contribution in [0.25, 0.3) is 0 Å². The van der Waals surface area contributed by atoms with Gasteiger partial charge in [-0.2, -0.15) is 0 Å². The number of benzene rings is 1. The first-order chi connectivity index (χ1) is 11.2. The maximum Gasteiger partial charge on any atom is 0.287 e. The summed E-state index contributed by atoms with van der Waals surface area (Å²) in [5.41, 5.74) is 1.40. The van der Waals surface area contributed by atoms with Crippen molar-refractivity contribution in [3.05, 3.63) is 63.2 Å². The molecule has 5 nitrogen and oxygen atoms in total. The number of nitrogens with one attached hydrogen (secondary N) is 1. The van der Waals surface area contributed by atoms with E-state index in [4.69, 9.17) is 9.15 Å². The smallest absolute Gasteiger partial charge is 0.287 e. The number of hydrogen-bond acceptors (Lipinski definition) is 4. The van der Waals surface area contributed by atoms with Crippen LogP contribution in [0, 0.1) is 13.8 Å². The van der Waals surface area contributed by atoms with Gasteiger partial charge in [-0.25, -0.2) is 0 Å². The Labute approximate surface area is 140 Å². The lowest BCUT2D eigenvalue weighted by Crippen LogP contribution is -2.41. The molecule has 0 saturated carbocycles. The van der Waals surface area contributed by atoms with Crippen LogP contribution in [0.15, 0.2) is 39.5 Å². The molecule has 1 aromatic heterocycles. The number of fused-ring (bicyclic) bond motifs is 1. The van der Waals surface area contributed by atoms with Crippen molar-refractivity contribution in [3.8, 4) is 5.75 Å². The molecule has 0 fully saturated rings. The Morgan fingerprint density at radius 1 is 1.21 bits per heavy atom. The van der Waals surface area contributed by atoms with Crippen molar-refractivity contribution in [1.29, 1.82) is 0 Å². The number of rotatable bonds is 2. The summed E-state index contributed by atoms with van der Waals surface area (Å²) in [7, 11) is 0. The number of carbonyl (C=O) groups is 1. The molecule has 1 atom stereocenters. The van der Waals surface area contributed by atoms with Crippen molar-refractivity contribution in [2.24, 2.45) is 0 Å². The molecular formula is C19H21NO4. The summed E-state index contributed by atoms with van der Waals surface area (Å²) in [6.07, 6.45) is 0.630. The van der Waals surface area contributed by atoms with Gasteiger partial charge in [-0.1, -0.05) is 17.7 Å². The van der Waals surface area contributed by atoms with Gasteiger partial charge < -0.3 is 14.5 Å². The van der Waals surface area contributed by atoms with Gasteiger partial charge in [0, 0.05) is 24.1 Å². The Balaban J connectivity index is 1.93. The van der Waals surface area contributed by atoms with Gasteiger partial charge in [-0.05, 0) is 33.8 Å². The Bertz CT molecular complexity index is 851. The zero-order chi connectivity index (χ0) is 17.5. The van der Waals surface area contributed by atoms with E-state index in [2.05, 4.69) is 5.32 Å². The van der Waals surface area contributed by atoms with E-state index in [0.717, 1.165) is 16.9 Å². The zero-order valence-corrected chi connectivity index (χ0v) is 14.3. The minimum Gasteiger partial charge on any atom is -0.487 e. The van der Waals surface area contributed by atoms with Crippen LogP contribution in [0.3, 0.4) is 0 Å². The van der Waals surface area contributed by atoms with Crippen molar-refractivity contribution in [2.75, 3.05) is 0 Å². The van der Waals surface area contributed by atoms with Gasteiger partial charge in [-0.15, -0.1) is 0 Å². The highest BCUT2D eigenvalue weighted by molar-refractivity contribution is 5.91. The van der Waals surface area contributed by atoms with Crippen LogP contribution >= 0.6 is 0 Å². The van der Waals surface area contributed by atoms with Gasteiger partial charge in [0.2, 0.25) is 0 Å². The van der Waals surface area contributed by atoms with Gasteiger partial charge in [0.15, 0.2) is 11.2 Å². The molecule has 0 bridgehead atoms. The fourth-order valence-corrected chi connectivity index (χ4v) is 3.05. The average molecular weight is 327 g/mol. The molecule has 24 heavy (non-hydrogen) atoms. The Morgan fingerprint density at radius 3 is 2.67 bits per heavy atom. The van der Waals surface area contributed by atoms with E-state index < -0.39 is 11.5 Å². The zero-order valence-electron chi connectivity index (χ0n) is 14.3. The summed E-state index contributed by atoms with van der Waals surface area (Å²) in [6, 6.07) is 8.29. The number of hydrogen-bond donors (Lipinski definition) is 1. The second-order valence-electron chi connectivity index (χ2n) is 6.90. The Kier molecular flexibility index (Phi) is 3.95. The Morgan fingerprint density at radius 2 is 1.96 bits per heavy atom. The summed E-state index contributed by atoms with van der Waals surface area (Å²) in [5, 5.41) is 2.98. The molecule has 0 spiro atoms. The van der Waals surface area contributed by atoms with E-state index in [0.29, 0.717) is 12.2 Å². The van der Waals surface area contributed by atoms with E-state index in [9.17, 15) is 9.59 Å². The third-order valence-corrected chi connectivity index (χ3v) is 4.04. The van der Waals surface area contributed by atoms with Gasteiger partial charge in [0.05, 0.1) is 6.04 Å². The monoisotopic (exact) mass is 327 g/mol. The largest absolute Gasteiger partial charge is 0.487 e. The van der Waals surface area contributed by atoms with Crippen molar-refractivity contribution in [3.63, 3.8) is 0 Å². The van der Waals surface area contributed by atoms with Gasteiger partial charge >= 0.3 is 0 Å². The molecule has 2 heterocycles. The fraction of sp³-hybridized carbons (Fsp3) is 0.368. The molecule has 1 N–H and O–H groups in total. The second-order valence-corrected chi connectivity index (χ2v) is 6.90. The van der Waals surface area contributed by atoms with Crippen LogP contribution in [-0.2, 0) is 0 Å². The van der Waals surface area contributed by atoms with E-state index in [-0.39, 0.29) is 17.2 Å². The quantitative estimate of drug-likeness (QED) is 0.919. The molecular weight excluding hydrogens is 306 g/mol. The first kappa shape index (κ1) is 16.3. The third kappa shape index (κ3) is 3.35. The maximum atomic E-state index is 12.5. The molecule has 0 unspecified atom stereocenters. The topological polar surface area (TPSA) is 68.5 Å². The molecule has 0 radical (unpaired) electrons. The highest BCUT2D eigenvalue weighted by Gasteiger charge is 2.35. The lowest BCUT2D eigenvalue weighted by atomic mass is 9.89. The summed E-state index contributed by atoms with van der Waals surface area (Å²) >= 11 is 0. The molecule has 3 rings (SSSR count). The molecule has 1 amide bonds. The highest BCUT2D eigenvalue weighted by Crippen LogP contribution is 2.39. The first-order valence-corrected chi connectivity index (χ1v) is 7.96. The third-order valence-electron chi connectivity index (χ3n) is 4.04. The predicted molar refractivity (Wildman–Crippen MR) is 90.4 cm³/mol. The van der Waals surface area contributed by atoms with E-state index in [1.54, 1.807) is 6.92 Å². The molecule has 0 aliphatic carbocycles. The summed E-state index contributed by atoms with van der Waals surface area (Å²) < 4.78 is 11.4. The van der Waals surface area contributed by atoms with Crippen LogP contribution < -0.4 is 15.5 Å². The normalized spacial score (nSPS) is 18.4. The first-order valence-electron chi connectivity index (χ1n) is 7.96. The van der Waals surface area contributed by atoms with Crippen LogP contribution in [0.1, 0.15) is 53.8 Å². The van der Waals surface area contributed by atoms with Crippen molar-refractivity contribution >= 4 is 5.91 Å². The summed E-state index contributed by atoms with van der Waals surface area (Å²) in [5.74, 6) is 0.813. The number of amides is 1. The van der Waals surface area contributed by atoms with Crippen molar-refractivity contribution in [1.82, 2.24) is 5.32 Å². The standard InChI is InChI=1S/C19H21NO4/c1-11-5-6-16-14(7-11)15(10-19(3,4)24-16)20-18(22)17-9-13(21)8-12(2)23-17/h5-9,15H,10H2,1-4H3,(H,20,22)/t15-/m0/s1. The molecule has 1 aliphatic rings. The van der Waals surface area contributed by atoms with Gasteiger partial charge in [0.25, 0.3) is 5.91 Å². The van der Waals surface area contributed by atoms with E-state index in [1.165, 1.54) is 12.1 Å². The predicted octanol–water partition coefficient (Wildman–Crippen LogP) is 3.29. The van der Waals surface area contributed by atoms with Crippen LogP contribution in [0.2, 0.25) is 0 Å². The molecule has 2 aromatic rings. The average Bonchev–Trinajstić information content (AvgIpc) is 2.46.